The summed E-state index contributed by atoms with van der Waals surface area (Å²) in [6.45, 7) is 8.47. The second kappa shape index (κ2) is 4.39. The summed E-state index contributed by atoms with van der Waals surface area (Å²) in [4.78, 5) is 0. The van der Waals surface area contributed by atoms with Gasteiger partial charge in [0.05, 0.1) is 0 Å². The number of nitrogens with zero attached hydrogens (tertiary/aromatic N) is 2. The molecule has 0 spiro atoms. The molecule has 1 fully saturated rings. The number of allylic oxidation sites excluding steroid dienone is 2. The van der Waals surface area contributed by atoms with Crippen molar-refractivity contribution >= 4 is 0 Å². The lowest BCUT2D eigenvalue weighted by atomic mass is 9.74. The molecule has 0 aromatic rings. The van der Waals surface area contributed by atoms with Gasteiger partial charge in [-0.1, -0.05) is 0 Å². The van der Waals surface area contributed by atoms with Crippen molar-refractivity contribution < 1.29 is 0 Å². The molecule has 4 nitrogen and oxygen atoms in total. The van der Waals surface area contributed by atoms with E-state index in [1.165, 1.54) is 0 Å². The first kappa shape index (κ1) is 13.5. The smallest absolute Gasteiger partial charge is 0.148 e. The Labute approximate surface area is 103 Å². The summed E-state index contributed by atoms with van der Waals surface area (Å²) < 4.78 is 0. The molecule has 0 aliphatic carbocycles. The highest BCUT2D eigenvalue weighted by atomic mass is 15.0. The Morgan fingerprint density at radius 2 is 1.53 bits per heavy atom. The molecular formula is C13H20N4. The number of rotatable bonds is 1. The Morgan fingerprint density at radius 1 is 1.12 bits per heavy atom. The number of nitrogens with two attached hydrogens (primary N) is 1. The van der Waals surface area contributed by atoms with Crippen LogP contribution in [0.15, 0.2) is 11.3 Å². The van der Waals surface area contributed by atoms with Crippen LogP contribution in [0.2, 0.25) is 0 Å². The lowest BCUT2D eigenvalue weighted by molar-refractivity contribution is 0.144. The maximum Gasteiger partial charge on any atom is 0.148 e. The zero-order valence-corrected chi connectivity index (χ0v) is 11.0. The van der Waals surface area contributed by atoms with Gasteiger partial charge in [-0.05, 0) is 40.5 Å². The maximum atomic E-state index is 8.86. The maximum absolute atomic E-state index is 8.86. The monoisotopic (exact) mass is 232 g/mol. The fraction of sp³-hybridized carbons (Fsp3) is 0.692. The van der Waals surface area contributed by atoms with Crippen LogP contribution in [0.1, 0.15) is 40.5 Å². The standard InChI is InChI=1S/C13H20N4/c1-12(2)5-9(6-13(3,4)17-12)11(16)10(7-14)8-15/h9,17H,5-6,16H2,1-4H3. The van der Waals surface area contributed by atoms with Crippen molar-refractivity contribution in [1.29, 1.82) is 10.5 Å². The van der Waals surface area contributed by atoms with E-state index in [0.29, 0.717) is 5.70 Å². The van der Waals surface area contributed by atoms with Crippen molar-refractivity contribution in [3.63, 3.8) is 0 Å². The van der Waals surface area contributed by atoms with Crippen LogP contribution in [-0.4, -0.2) is 11.1 Å². The van der Waals surface area contributed by atoms with E-state index >= 15 is 0 Å². The van der Waals surface area contributed by atoms with Crippen LogP contribution < -0.4 is 11.1 Å². The molecule has 0 saturated carbocycles. The molecule has 3 N–H and O–H groups in total. The van der Waals surface area contributed by atoms with Crippen molar-refractivity contribution in [2.75, 3.05) is 0 Å². The molecule has 0 bridgehead atoms. The molecule has 0 atom stereocenters. The average Bonchev–Trinajstić information content (AvgIpc) is 2.14. The minimum absolute atomic E-state index is 0.0347. The Hall–Kier alpha value is -1.52. The van der Waals surface area contributed by atoms with Crippen molar-refractivity contribution in [3.05, 3.63) is 11.3 Å². The van der Waals surface area contributed by atoms with Crippen LogP contribution in [-0.2, 0) is 0 Å². The molecule has 92 valence electrons. The normalized spacial score (nSPS) is 22.2. The van der Waals surface area contributed by atoms with Gasteiger partial charge in [0.2, 0.25) is 0 Å². The lowest BCUT2D eigenvalue weighted by Crippen LogP contribution is -2.58. The van der Waals surface area contributed by atoms with Gasteiger partial charge in [0, 0.05) is 22.7 Å². The van der Waals surface area contributed by atoms with Gasteiger partial charge < -0.3 is 11.1 Å². The van der Waals surface area contributed by atoms with E-state index in [-0.39, 0.29) is 22.6 Å². The Kier molecular flexibility index (Phi) is 3.50. The van der Waals surface area contributed by atoms with Gasteiger partial charge in [0.25, 0.3) is 0 Å². The minimum Gasteiger partial charge on any atom is -0.400 e. The highest BCUT2D eigenvalue weighted by molar-refractivity contribution is 5.40. The van der Waals surface area contributed by atoms with E-state index in [1.54, 1.807) is 0 Å². The van der Waals surface area contributed by atoms with Crippen molar-refractivity contribution in [1.82, 2.24) is 5.32 Å². The summed E-state index contributed by atoms with van der Waals surface area (Å²) in [6.07, 6.45) is 1.68. The van der Waals surface area contributed by atoms with E-state index < -0.39 is 0 Å². The lowest BCUT2D eigenvalue weighted by Gasteiger charge is -2.46. The number of nitrogens with one attached hydrogen (secondary N) is 1. The second-order valence-corrected chi connectivity index (χ2v) is 6.05. The molecule has 1 saturated heterocycles. The highest BCUT2D eigenvalue weighted by Crippen LogP contribution is 2.35. The van der Waals surface area contributed by atoms with E-state index in [0.717, 1.165) is 12.8 Å². The summed E-state index contributed by atoms with van der Waals surface area (Å²) in [5.74, 6) is 0.0931. The third-order valence-electron chi connectivity index (χ3n) is 3.14. The van der Waals surface area contributed by atoms with Gasteiger partial charge in [-0.2, -0.15) is 10.5 Å². The van der Waals surface area contributed by atoms with Crippen LogP contribution in [0.3, 0.4) is 0 Å². The second-order valence-electron chi connectivity index (χ2n) is 6.05. The van der Waals surface area contributed by atoms with E-state index in [4.69, 9.17) is 16.3 Å². The average molecular weight is 232 g/mol. The summed E-state index contributed by atoms with van der Waals surface area (Å²) in [6, 6.07) is 3.75. The molecule has 0 amide bonds. The van der Waals surface area contributed by atoms with Gasteiger partial charge in [0.15, 0.2) is 0 Å². The topological polar surface area (TPSA) is 85.6 Å². The van der Waals surface area contributed by atoms with Gasteiger partial charge >= 0.3 is 0 Å². The Bertz CT molecular complexity index is 386. The van der Waals surface area contributed by atoms with E-state index in [2.05, 4.69) is 33.0 Å². The summed E-state index contributed by atoms with van der Waals surface area (Å²) in [5, 5.41) is 21.3. The van der Waals surface area contributed by atoms with Crippen LogP contribution in [0.25, 0.3) is 0 Å². The van der Waals surface area contributed by atoms with Crippen molar-refractivity contribution in [2.45, 2.75) is 51.6 Å². The van der Waals surface area contributed by atoms with Gasteiger partial charge in [-0.15, -0.1) is 0 Å². The zero-order chi connectivity index (χ0) is 13.3. The van der Waals surface area contributed by atoms with E-state index in [9.17, 15) is 0 Å². The Morgan fingerprint density at radius 3 is 1.88 bits per heavy atom. The number of hydrogen-bond donors (Lipinski definition) is 2. The molecule has 0 radical (unpaired) electrons. The molecule has 4 heteroatoms. The molecule has 0 aromatic carbocycles. The number of nitriles is 2. The van der Waals surface area contributed by atoms with Crippen molar-refractivity contribution in [3.8, 4) is 12.1 Å². The predicted octanol–water partition coefficient (Wildman–Crippen LogP) is 1.80. The molecule has 0 aromatic heterocycles. The van der Waals surface area contributed by atoms with Gasteiger partial charge in [0.1, 0.15) is 17.7 Å². The number of hydrogen-bond acceptors (Lipinski definition) is 4. The van der Waals surface area contributed by atoms with Gasteiger partial charge in [-0.25, -0.2) is 0 Å². The summed E-state index contributed by atoms with van der Waals surface area (Å²) >= 11 is 0. The van der Waals surface area contributed by atoms with Crippen LogP contribution >= 0.6 is 0 Å². The minimum atomic E-state index is -0.0347. The Balaban J connectivity index is 3.05. The van der Waals surface area contributed by atoms with Gasteiger partial charge in [-0.3, -0.25) is 0 Å². The third-order valence-corrected chi connectivity index (χ3v) is 3.14. The first-order valence-corrected chi connectivity index (χ1v) is 5.80. The van der Waals surface area contributed by atoms with Crippen molar-refractivity contribution in [2.24, 2.45) is 11.7 Å². The van der Waals surface area contributed by atoms with Crippen LogP contribution in [0.4, 0.5) is 0 Å². The summed E-state index contributed by atoms with van der Waals surface area (Å²) in [5.41, 5.74) is 6.39. The fourth-order valence-corrected chi connectivity index (χ4v) is 2.90. The molecule has 0 unspecified atom stereocenters. The fourth-order valence-electron chi connectivity index (χ4n) is 2.90. The highest BCUT2D eigenvalue weighted by Gasteiger charge is 2.39. The van der Waals surface area contributed by atoms with Crippen LogP contribution in [0, 0.1) is 28.6 Å². The first-order chi connectivity index (χ1) is 7.71. The molecular weight excluding hydrogens is 212 g/mol. The quantitative estimate of drug-likeness (QED) is 0.675. The molecule has 1 heterocycles. The van der Waals surface area contributed by atoms with Crippen LogP contribution in [0.5, 0.6) is 0 Å². The first-order valence-electron chi connectivity index (χ1n) is 5.80. The largest absolute Gasteiger partial charge is 0.400 e. The third kappa shape index (κ3) is 3.22. The van der Waals surface area contributed by atoms with E-state index in [1.807, 2.05) is 12.1 Å². The SMILES string of the molecule is CC1(C)CC(C(N)=C(C#N)C#N)CC(C)(C)N1. The molecule has 1 rings (SSSR count). The molecule has 1 aliphatic heterocycles. The summed E-state index contributed by atoms with van der Waals surface area (Å²) in [7, 11) is 0. The number of piperidine rings is 1. The molecule has 17 heavy (non-hydrogen) atoms. The molecule has 1 aliphatic rings. The zero-order valence-electron chi connectivity index (χ0n) is 11.0. The predicted molar refractivity (Wildman–Crippen MR) is 66.5 cm³/mol.